The third-order valence-corrected chi connectivity index (χ3v) is 4.99. The van der Waals surface area contributed by atoms with Crippen molar-refractivity contribution in [3.05, 3.63) is 35.1 Å². The Labute approximate surface area is 191 Å². The Morgan fingerprint density at radius 3 is 2.76 bits per heavy atom. The summed E-state index contributed by atoms with van der Waals surface area (Å²) >= 11 is 0. The van der Waals surface area contributed by atoms with E-state index in [1.165, 1.54) is 6.07 Å². The zero-order valence-corrected chi connectivity index (χ0v) is 20.3. The number of likely N-dealkylation sites (tertiary alicyclic amines) is 1. The van der Waals surface area contributed by atoms with E-state index in [9.17, 15) is 9.18 Å². The number of hydrogen-bond acceptors (Lipinski definition) is 3. The Hall–Kier alpha value is -1.42. The van der Waals surface area contributed by atoms with Gasteiger partial charge in [0.15, 0.2) is 5.96 Å². The molecule has 1 saturated heterocycles. The number of nitrogens with zero attached hydrogens (tertiary/aromatic N) is 3. The van der Waals surface area contributed by atoms with Crippen LogP contribution >= 0.6 is 24.0 Å². The lowest BCUT2D eigenvalue weighted by Gasteiger charge is -2.26. The summed E-state index contributed by atoms with van der Waals surface area (Å²) in [7, 11) is 3.64. The van der Waals surface area contributed by atoms with Crippen LogP contribution in [0.5, 0.6) is 0 Å². The first kappa shape index (κ1) is 25.6. The Balaban J connectivity index is 0.00000420. The van der Waals surface area contributed by atoms with Crippen molar-refractivity contribution in [2.24, 2.45) is 4.99 Å². The van der Waals surface area contributed by atoms with E-state index in [-0.39, 0.29) is 41.7 Å². The van der Waals surface area contributed by atoms with Gasteiger partial charge in [-0.1, -0.05) is 12.1 Å². The van der Waals surface area contributed by atoms with Gasteiger partial charge in [-0.25, -0.2) is 9.38 Å². The molecule has 2 rings (SSSR count). The van der Waals surface area contributed by atoms with Crippen molar-refractivity contribution >= 4 is 35.8 Å². The molecule has 1 aromatic carbocycles. The molecule has 0 saturated carbocycles. The molecule has 8 heteroatoms. The number of carbonyl (C=O) groups excluding carboxylic acids is 1. The van der Waals surface area contributed by atoms with Gasteiger partial charge in [-0.3, -0.25) is 9.69 Å². The highest BCUT2D eigenvalue weighted by molar-refractivity contribution is 14.0. The van der Waals surface area contributed by atoms with Crippen molar-refractivity contribution in [3.63, 3.8) is 0 Å². The first-order valence-electron chi connectivity index (χ1n) is 10.1. The molecule has 2 N–H and O–H groups in total. The number of carbonyl (C=O) groups is 1. The van der Waals surface area contributed by atoms with E-state index in [4.69, 9.17) is 0 Å². The summed E-state index contributed by atoms with van der Waals surface area (Å²) in [5.74, 6) is 0.771. The lowest BCUT2D eigenvalue weighted by atomic mass is 10.1. The second-order valence-corrected chi connectivity index (χ2v) is 7.49. The number of rotatable bonds is 8. The maximum atomic E-state index is 13.4. The summed E-state index contributed by atoms with van der Waals surface area (Å²) in [6.07, 6.45) is 2.97. The topological polar surface area (TPSA) is 60.0 Å². The third-order valence-electron chi connectivity index (χ3n) is 4.99. The van der Waals surface area contributed by atoms with E-state index >= 15 is 0 Å². The fourth-order valence-electron chi connectivity index (χ4n) is 3.48. The van der Waals surface area contributed by atoms with Gasteiger partial charge in [-0.05, 0) is 56.8 Å². The largest absolute Gasteiger partial charge is 0.357 e. The number of nitrogens with one attached hydrogen (secondary N) is 2. The van der Waals surface area contributed by atoms with Crippen molar-refractivity contribution in [3.8, 4) is 0 Å². The predicted octanol–water partition coefficient (Wildman–Crippen LogP) is 2.75. The van der Waals surface area contributed by atoms with Gasteiger partial charge in [0.25, 0.3) is 0 Å². The smallest absolute Gasteiger partial charge is 0.239 e. The van der Waals surface area contributed by atoms with Gasteiger partial charge in [0, 0.05) is 33.7 Å². The van der Waals surface area contributed by atoms with Crippen molar-refractivity contribution in [2.75, 3.05) is 40.3 Å². The van der Waals surface area contributed by atoms with Crippen molar-refractivity contribution in [1.82, 2.24) is 20.4 Å². The van der Waals surface area contributed by atoms with E-state index in [0.717, 1.165) is 57.0 Å². The van der Waals surface area contributed by atoms with Crippen LogP contribution in [0, 0.1) is 12.7 Å². The summed E-state index contributed by atoms with van der Waals surface area (Å²) in [5.41, 5.74) is 1.62. The zero-order chi connectivity index (χ0) is 20.5. The Morgan fingerprint density at radius 1 is 1.34 bits per heavy atom. The van der Waals surface area contributed by atoms with E-state index in [1.54, 1.807) is 17.9 Å². The Bertz CT molecular complexity index is 683. The van der Waals surface area contributed by atoms with Crippen LogP contribution < -0.4 is 10.6 Å². The molecule has 1 amide bonds. The molecule has 1 unspecified atom stereocenters. The summed E-state index contributed by atoms with van der Waals surface area (Å²) < 4.78 is 13.4. The van der Waals surface area contributed by atoms with Crippen molar-refractivity contribution in [1.29, 1.82) is 0 Å². The Morgan fingerprint density at radius 2 is 2.10 bits per heavy atom. The lowest BCUT2D eigenvalue weighted by Crippen LogP contribution is -2.44. The standard InChI is InChI=1S/C21H34FN5O.HI/c1-5-23-21(25-15-17-9-10-18(22)16(2)14-17)24-11-7-13-27-12-6-8-19(27)20(28)26(3)4;/h9-10,14,19H,5-8,11-13,15H2,1-4H3,(H2,23,24,25);1H. The lowest BCUT2D eigenvalue weighted by molar-refractivity contribution is -0.133. The number of amides is 1. The van der Waals surface area contributed by atoms with Gasteiger partial charge in [0.1, 0.15) is 5.82 Å². The predicted molar refractivity (Wildman–Crippen MR) is 127 cm³/mol. The molecule has 1 atom stereocenters. The van der Waals surface area contributed by atoms with Crippen molar-refractivity contribution < 1.29 is 9.18 Å². The molecule has 0 aromatic heterocycles. The minimum Gasteiger partial charge on any atom is -0.357 e. The van der Waals surface area contributed by atoms with Crippen LogP contribution in [0.15, 0.2) is 23.2 Å². The minimum atomic E-state index is -0.189. The molecule has 29 heavy (non-hydrogen) atoms. The quantitative estimate of drug-likeness (QED) is 0.240. The molecule has 1 aliphatic heterocycles. The number of guanidine groups is 1. The fourth-order valence-corrected chi connectivity index (χ4v) is 3.48. The molecule has 1 heterocycles. The fraction of sp³-hybridized carbons (Fsp3) is 0.619. The number of halogens is 2. The monoisotopic (exact) mass is 519 g/mol. The van der Waals surface area contributed by atoms with Crippen LogP contribution in [0.25, 0.3) is 0 Å². The van der Waals surface area contributed by atoms with E-state index in [2.05, 4.69) is 20.5 Å². The van der Waals surface area contributed by atoms with Gasteiger partial charge in [-0.15, -0.1) is 24.0 Å². The number of benzene rings is 1. The highest BCUT2D eigenvalue weighted by Gasteiger charge is 2.30. The first-order valence-corrected chi connectivity index (χ1v) is 10.1. The highest BCUT2D eigenvalue weighted by Crippen LogP contribution is 2.18. The molecule has 1 aliphatic rings. The second kappa shape index (κ2) is 13.0. The highest BCUT2D eigenvalue weighted by atomic mass is 127. The van der Waals surface area contributed by atoms with Crippen LogP contribution in [0.2, 0.25) is 0 Å². The van der Waals surface area contributed by atoms with E-state index < -0.39 is 0 Å². The molecule has 6 nitrogen and oxygen atoms in total. The van der Waals surface area contributed by atoms with Crippen LogP contribution in [0.3, 0.4) is 0 Å². The van der Waals surface area contributed by atoms with E-state index in [1.807, 2.05) is 27.1 Å². The van der Waals surface area contributed by atoms with Crippen LogP contribution in [0.4, 0.5) is 4.39 Å². The molecule has 1 aromatic rings. The van der Waals surface area contributed by atoms with Gasteiger partial charge in [0.05, 0.1) is 12.6 Å². The number of aliphatic imine (C=N–C) groups is 1. The van der Waals surface area contributed by atoms with Gasteiger partial charge >= 0.3 is 0 Å². The molecular formula is C21H35FIN5O. The normalized spacial score (nSPS) is 17.0. The molecular weight excluding hydrogens is 484 g/mol. The van der Waals surface area contributed by atoms with Crippen molar-refractivity contribution in [2.45, 2.75) is 45.7 Å². The van der Waals surface area contributed by atoms with Crippen LogP contribution in [-0.4, -0.2) is 68.0 Å². The van der Waals surface area contributed by atoms with E-state index in [0.29, 0.717) is 12.1 Å². The minimum absolute atomic E-state index is 0. The molecule has 164 valence electrons. The summed E-state index contributed by atoms with van der Waals surface area (Å²) in [5, 5.41) is 6.59. The van der Waals surface area contributed by atoms with Crippen LogP contribution in [0.1, 0.15) is 37.3 Å². The summed E-state index contributed by atoms with van der Waals surface area (Å²) in [6.45, 7) is 7.74. The van der Waals surface area contributed by atoms with Gasteiger partial charge in [-0.2, -0.15) is 0 Å². The maximum absolute atomic E-state index is 13.4. The van der Waals surface area contributed by atoms with Crippen LogP contribution in [-0.2, 0) is 11.3 Å². The summed E-state index contributed by atoms with van der Waals surface area (Å²) in [6, 6.07) is 5.11. The average Bonchev–Trinajstić information content (AvgIpc) is 3.13. The van der Waals surface area contributed by atoms with Gasteiger partial charge in [0.2, 0.25) is 5.91 Å². The average molecular weight is 519 g/mol. The first-order chi connectivity index (χ1) is 13.4. The van der Waals surface area contributed by atoms with Gasteiger partial charge < -0.3 is 15.5 Å². The summed E-state index contributed by atoms with van der Waals surface area (Å²) in [4.78, 5) is 20.8. The SMILES string of the molecule is CCNC(=NCc1ccc(F)c(C)c1)NCCCN1CCCC1C(=O)N(C)C.I. The number of aryl methyl sites for hydroxylation is 1. The molecule has 0 radical (unpaired) electrons. The Kier molecular flexibility index (Phi) is 11.5. The third kappa shape index (κ3) is 8.08. The number of hydrogen-bond donors (Lipinski definition) is 2. The number of likely N-dealkylation sites (N-methyl/N-ethyl adjacent to an activating group) is 1. The maximum Gasteiger partial charge on any atom is 0.239 e. The molecule has 1 fully saturated rings. The molecule has 0 bridgehead atoms. The molecule has 0 spiro atoms. The second-order valence-electron chi connectivity index (χ2n) is 7.49. The molecule has 0 aliphatic carbocycles. The zero-order valence-electron chi connectivity index (χ0n) is 18.0.